The summed E-state index contributed by atoms with van der Waals surface area (Å²) in [5, 5.41) is 10.6. The minimum Gasteiger partial charge on any atom is -0.483 e. The summed E-state index contributed by atoms with van der Waals surface area (Å²) in [7, 11) is 0. The first-order valence-electron chi connectivity index (χ1n) is 6.07. The molecule has 0 saturated carbocycles. The lowest BCUT2D eigenvalue weighted by atomic mass is 10.2. The van der Waals surface area contributed by atoms with Crippen LogP contribution in [-0.2, 0) is 6.61 Å². The lowest BCUT2D eigenvalue weighted by molar-refractivity contribution is 0.303. The topological polar surface area (TPSA) is 46.2 Å². The van der Waals surface area contributed by atoms with Gasteiger partial charge in [-0.2, -0.15) is 5.26 Å². The summed E-state index contributed by atoms with van der Waals surface area (Å²) in [6, 6.07) is 16.8. The predicted octanol–water partition coefficient (Wildman–Crippen LogP) is 4.54. The minimum absolute atomic E-state index is 0.195. The zero-order chi connectivity index (χ0) is 13.9. The molecular weight excluding hydrogens is 274 g/mol. The Kier molecular flexibility index (Phi) is 3.32. The second-order valence-electron chi connectivity index (χ2n) is 4.28. The number of fused-ring (bicyclic) bond motifs is 1. The minimum atomic E-state index is 0.195. The van der Waals surface area contributed by atoms with Gasteiger partial charge in [0.1, 0.15) is 18.3 Å². The molecule has 0 bridgehead atoms. The number of furan rings is 1. The van der Waals surface area contributed by atoms with E-state index in [1.165, 1.54) is 0 Å². The van der Waals surface area contributed by atoms with Gasteiger partial charge in [0.15, 0.2) is 5.75 Å². The molecule has 0 atom stereocenters. The molecule has 3 nitrogen and oxygen atoms in total. The van der Waals surface area contributed by atoms with Crippen molar-refractivity contribution < 1.29 is 9.15 Å². The summed E-state index contributed by atoms with van der Waals surface area (Å²) in [5.41, 5.74) is 1.62. The number of nitrogens with zero attached hydrogens (tertiary/aromatic N) is 1. The van der Waals surface area contributed by atoms with E-state index in [-0.39, 0.29) is 5.76 Å². The lowest BCUT2D eigenvalue weighted by Crippen LogP contribution is -1.95. The van der Waals surface area contributed by atoms with Gasteiger partial charge in [-0.05, 0) is 29.8 Å². The van der Waals surface area contributed by atoms with Crippen molar-refractivity contribution in [1.82, 2.24) is 0 Å². The molecule has 0 aliphatic rings. The van der Waals surface area contributed by atoms with Crippen LogP contribution < -0.4 is 4.74 Å². The maximum Gasteiger partial charge on any atom is 0.246 e. The number of ether oxygens (including phenoxy) is 1. The van der Waals surface area contributed by atoms with Gasteiger partial charge in [-0.25, -0.2) is 0 Å². The summed E-state index contributed by atoms with van der Waals surface area (Å²) in [6.45, 7) is 0.357. The summed E-state index contributed by atoms with van der Waals surface area (Å²) in [5.74, 6) is 0.679. The van der Waals surface area contributed by atoms with Crippen molar-refractivity contribution in [3.63, 3.8) is 0 Å². The average Bonchev–Trinajstić information content (AvgIpc) is 2.84. The monoisotopic (exact) mass is 283 g/mol. The summed E-state index contributed by atoms with van der Waals surface area (Å²) in [4.78, 5) is 0. The molecule has 3 rings (SSSR count). The largest absolute Gasteiger partial charge is 0.483 e. The molecule has 1 heterocycles. The van der Waals surface area contributed by atoms with Gasteiger partial charge in [0, 0.05) is 5.02 Å². The highest BCUT2D eigenvalue weighted by Crippen LogP contribution is 2.33. The number of nitriles is 1. The number of hydrogen-bond donors (Lipinski definition) is 0. The molecule has 0 aliphatic heterocycles. The number of hydrogen-bond acceptors (Lipinski definition) is 3. The van der Waals surface area contributed by atoms with Crippen LogP contribution in [0, 0.1) is 11.3 Å². The van der Waals surface area contributed by atoms with Gasteiger partial charge >= 0.3 is 0 Å². The third-order valence-electron chi connectivity index (χ3n) is 2.95. The van der Waals surface area contributed by atoms with Crippen molar-refractivity contribution in [1.29, 1.82) is 5.26 Å². The molecule has 0 amide bonds. The average molecular weight is 284 g/mol. The number of rotatable bonds is 3. The first kappa shape index (κ1) is 12.6. The molecular formula is C16H10ClNO2. The Hall–Kier alpha value is -2.44. The van der Waals surface area contributed by atoms with E-state index in [2.05, 4.69) is 0 Å². The SMILES string of the molecule is N#Cc1oc2ccccc2c1OCc1ccc(Cl)cc1. The molecule has 0 saturated heterocycles. The van der Waals surface area contributed by atoms with Crippen LogP contribution in [0.15, 0.2) is 52.9 Å². The van der Waals surface area contributed by atoms with Gasteiger partial charge in [-0.1, -0.05) is 35.9 Å². The maximum atomic E-state index is 9.11. The fourth-order valence-corrected chi connectivity index (χ4v) is 2.10. The second-order valence-corrected chi connectivity index (χ2v) is 4.72. The number of para-hydroxylation sites is 1. The van der Waals surface area contributed by atoms with E-state index in [4.69, 9.17) is 26.0 Å². The fraction of sp³-hybridized carbons (Fsp3) is 0.0625. The van der Waals surface area contributed by atoms with Gasteiger partial charge in [-0.15, -0.1) is 0 Å². The highest BCUT2D eigenvalue weighted by Gasteiger charge is 2.14. The van der Waals surface area contributed by atoms with Crippen LogP contribution in [0.25, 0.3) is 11.0 Å². The van der Waals surface area contributed by atoms with Gasteiger partial charge in [0.25, 0.3) is 0 Å². The Morgan fingerprint density at radius 3 is 2.60 bits per heavy atom. The molecule has 3 aromatic rings. The van der Waals surface area contributed by atoms with Crippen molar-refractivity contribution in [2.75, 3.05) is 0 Å². The zero-order valence-electron chi connectivity index (χ0n) is 10.5. The van der Waals surface area contributed by atoms with Crippen molar-refractivity contribution >= 4 is 22.6 Å². The third kappa shape index (κ3) is 2.34. The maximum absolute atomic E-state index is 9.11. The van der Waals surface area contributed by atoms with Gasteiger partial charge in [0.05, 0.1) is 5.39 Å². The Morgan fingerprint density at radius 2 is 1.85 bits per heavy atom. The normalized spacial score (nSPS) is 10.4. The molecule has 98 valence electrons. The van der Waals surface area contributed by atoms with Crippen molar-refractivity contribution in [2.24, 2.45) is 0 Å². The molecule has 0 spiro atoms. The van der Waals surface area contributed by atoms with Gasteiger partial charge < -0.3 is 9.15 Å². The molecule has 0 fully saturated rings. The second kappa shape index (κ2) is 5.28. The molecule has 1 aromatic heterocycles. The Balaban J connectivity index is 1.90. The summed E-state index contributed by atoms with van der Waals surface area (Å²) in [6.07, 6.45) is 0. The van der Waals surface area contributed by atoms with Crippen molar-refractivity contribution in [3.05, 3.63) is 64.9 Å². The third-order valence-corrected chi connectivity index (χ3v) is 3.20. The lowest BCUT2D eigenvalue weighted by Gasteiger charge is -2.05. The van der Waals surface area contributed by atoms with E-state index in [0.29, 0.717) is 23.0 Å². The van der Waals surface area contributed by atoms with E-state index in [9.17, 15) is 0 Å². The summed E-state index contributed by atoms with van der Waals surface area (Å²) < 4.78 is 11.2. The molecule has 0 N–H and O–H groups in total. The zero-order valence-corrected chi connectivity index (χ0v) is 11.2. The highest BCUT2D eigenvalue weighted by atomic mass is 35.5. The Morgan fingerprint density at radius 1 is 1.10 bits per heavy atom. The Labute approximate surface area is 121 Å². The van der Waals surface area contributed by atoms with E-state index in [0.717, 1.165) is 10.9 Å². The van der Waals surface area contributed by atoms with Crippen LogP contribution in [0.4, 0.5) is 0 Å². The van der Waals surface area contributed by atoms with E-state index in [1.54, 1.807) is 12.1 Å². The number of halogens is 1. The predicted molar refractivity (Wildman–Crippen MR) is 76.7 cm³/mol. The smallest absolute Gasteiger partial charge is 0.246 e. The summed E-state index contributed by atoms with van der Waals surface area (Å²) >= 11 is 5.84. The Bertz CT molecular complexity index is 784. The molecule has 0 unspecified atom stereocenters. The van der Waals surface area contributed by atoms with Crippen LogP contribution >= 0.6 is 11.6 Å². The standard InChI is InChI=1S/C16H10ClNO2/c17-12-7-5-11(6-8-12)10-19-16-13-3-1-2-4-14(13)20-15(16)9-18/h1-8H,10H2. The highest BCUT2D eigenvalue weighted by molar-refractivity contribution is 6.30. The first-order chi connectivity index (χ1) is 9.78. The van der Waals surface area contributed by atoms with Gasteiger partial charge in [-0.3, -0.25) is 0 Å². The molecule has 4 heteroatoms. The van der Waals surface area contributed by atoms with Crippen LogP contribution in [-0.4, -0.2) is 0 Å². The van der Waals surface area contributed by atoms with Crippen LogP contribution in [0.2, 0.25) is 5.02 Å². The fourth-order valence-electron chi connectivity index (χ4n) is 1.97. The number of benzene rings is 2. The molecule has 0 radical (unpaired) electrons. The molecule has 0 aliphatic carbocycles. The quantitative estimate of drug-likeness (QED) is 0.709. The molecule has 20 heavy (non-hydrogen) atoms. The van der Waals surface area contributed by atoms with E-state index in [1.807, 2.05) is 42.5 Å². The van der Waals surface area contributed by atoms with Gasteiger partial charge in [0.2, 0.25) is 5.76 Å². The van der Waals surface area contributed by atoms with E-state index >= 15 is 0 Å². The van der Waals surface area contributed by atoms with Crippen LogP contribution in [0.5, 0.6) is 5.75 Å². The first-order valence-corrected chi connectivity index (χ1v) is 6.44. The van der Waals surface area contributed by atoms with Crippen molar-refractivity contribution in [2.45, 2.75) is 6.61 Å². The van der Waals surface area contributed by atoms with E-state index < -0.39 is 0 Å². The van der Waals surface area contributed by atoms with Crippen LogP contribution in [0.1, 0.15) is 11.3 Å². The van der Waals surface area contributed by atoms with Crippen molar-refractivity contribution in [3.8, 4) is 11.8 Å². The van der Waals surface area contributed by atoms with Crippen LogP contribution in [0.3, 0.4) is 0 Å². The molecule has 2 aromatic carbocycles.